The van der Waals surface area contributed by atoms with E-state index < -0.39 is 0 Å². The van der Waals surface area contributed by atoms with Gasteiger partial charge in [-0.05, 0) is 30.8 Å². The monoisotopic (exact) mass is 200 g/mol. The lowest BCUT2D eigenvalue weighted by Gasteiger charge is -2.18. The molecule has 0 aliphatic carbocycles. The van der Waals surface area contributed by atoms with Crippen molar-refractivity contribution in [1.29, 1.82) is 0 Å². The van der Waals surface area contributed by atoms with Crippen LogP contribution in [0.5, 0.6) is 0 Å². The van der Waals surface area contributed by atoms with Crippen LogP contribution in [-0.4, -0.2) is 37.6 Å². The zero-order valence-electron chi connectivity index (χ0n) is 10.2. The van der Waals surface area contributed by atoms with Crippen molar-refractivity contribution in [1.82, 2.24) is 10.2 Å². The van der Waals surface area contributed by atoms with E-state index in [1.54, 1.807) is 0 Å². The Labute approximate surface area is 90.5 Å². The smallest absolute Gasteiger partial charge is 0.00257 e. The standard InChI is InChI=1S/C10H20N2.C2H6.H2/c1-8(2)5-12-6-9-3-11-4-10(9)7-12;1-2;/h8-11H,3-7H2,1-2H3;1-2H3;1H/t9-,10?;;/m1../s1. The summed E-state index contributed by atoms with van der Waals surface area (Å²) >= 11 is 0. The number of rotatable bonds is 2. The van der Waals surface area contributed by atoms with Crippen molar-refractivity contribution in [2.45, 2.75) is 27.7 Å². The van der Waals surface area contributed by atoms with Gasteiger partial charge in [-0.1, -0.05) is 27.7 Å². The molecule has 0 spiro atoms. The van der Waals surface area contributed by atoms with Gasteiger partial charge in [0.2, 0.25) is 0 Å². The fourth-order valence-corrected chi connectivity index (χ4v) is 2.62. The van der Waals surface area contributed by atoms with Crippen LogP contribution in [0.25, 0.3) is 0 Å². The van der Waals surface area contributed by atoms with Crippen LogP contribution in [0.4, 0.5) is 0 Å². The SMILES string of the molecule is CC.CC(C)CN1CC2CNC[C@@H]2C1.[HH]. The first kappa shape index (κ1) is 12.0. The summed E-state index contributed by atoms with van der Waals surface area (Å²) in [5.74, 6) is 2.75. The first-order valence-electron chi connectivity index (χ1n) is 6.19. The van der Waals surface area contributed by atoms with Gasteiger partial charge < -0.3 is 10.2 Å². The lowest BCUT2D eigenvalue weighted by molar-refractivity contribution is 0.278. The zero-order valence-corrected chi connectivity index (χ0v) is 10.2. The second kappa shape index (κ2) is 5.72. The zero-order chi connectivity index (χ0) is 10.6. The van der Waals surface area contributed by atoms with Gasteiger partial charge in [0.25, 0.3) is 0 Å². The molecule has 86 valence electrons. The van der Waals surface area contributed by atoms with E-state index in [0.29, 0.717) is 0 Å². The molecule has 2 rings (SSSR count). The molecule has 0 bridgehead atoms. The number of hydrogen-bond acceptors (Lipinski definition) is 2. The third kappa shape index (κ3) is 2.96. The molecule has 2 fully saturated rings. The van der Waals surface area contributed by atoms with Gasteiger partial charge >= 0.3 is 0 Å². The van der Waals surface area contributed by atoms with E-state index in [1.807, 2.05) is 13.8 Å². The minimum Gasteiger partial charge on any atom is -0.316 e. The molecule has 14 heavy (non-hydrogen) atoms. The third-order valence-electron chi connectivity index (χ3n) is 3.09. The highest BCUT2D eigenvalue weighted by Crippen LogP contribution is 2.26. The molecule has 2 heterocycles. The van der Waals surface area contributed by atoms with Crippen LogP contribution >= 0.6 is 0 Å². The van der Waals surface area contributed by atoms with Gasteiger partial charge in [-0.3, -0.25) is 0 Å². The Bertz CT molecular complexity index is 150. The lowest BCUT2D eigenvalue weighted by atomic mass is 10.0. The van der Waals surface area contributed by atoms with Gasteiger partial charge in [0.1, 0.15) is 0 Å². The average molecular weight is 200 g/mol. The van der Waals surface area contributed by atoms with Crippen molar-refractivity contribution in [3.63, 3.8) is 0 Å². The number of fused-ring (bicyclic) bond motifs is 1. The summed E-state index contributed by atoms with van der Waals surface area (Å²) in [7, 11) is 0. The fraction of sp³-hybridized carbons (Fsp3) is 1.00. The van der Waals surface area contributed by atoms with Crippen molar-refractivity contribution in [3.05, 3.63) is 0 Å². The predicted octanol–water partition coefficient (Wildman–Crippen LogP) is 2.07. The minimum atomic E-state index is 0. The Morgan fingerprint density at radius 2 is 1.71 bits per heavy atom. The average Bonchev–Trinajstić information content (AvgIpc) is 2.66. The van der Waals surface area contributed by atoms with E-state index >= 15 is 0 Å². The van der Waals surface area contributed by atoms with Crippen molar-refractivity contribution < 1.29 is 1.43 Å². The highest BCUT2D eigenvalue weighted by atomic mass is 15.2. The van der Waals surface area contributed by atoms with Crippen molar-refractivity contribution in [3.8, 4) is 0 Å². The molecule has 0 aromatic heterocycles. The fourth-order valence-electron chi connectivity index (χ4n) is 2.62. The van der Waals surface area contributed by atoms with E-state index in [0.717, 1.165) is 17.8 Å². The molecule has 2 aliphatic heterocycles. The van der Waals surface area contributed by atoms with Crippen LogP contribution in [0.15, 0.2) is 0 Å². The predicted molar refractivity (Wildman–Crippen MR) is 64.6 cm³/mol. The number of likely N-dealkylation sites (tertiary alicyclic amines) is 1. The molecule has 2 nitrogen and oxygen atoms in total. The molecule has 2 atom stereocenters. The second-order valence-electron chi connectivity index (χ2n) is 4.79. The van der Waals surface area contributed by atoms with E-state index in [1.165, 1.54) is 32.7 Å². The molecule has 2 aliphatic rings. The Kier molecular flexibility index (Phi) is 4.90. The number of nitrogens with zero attached hydrogens (tertiary/aromatic N) is 1. The van der Waals surface area contributed by atoms with Crippen molar-refractivity contribution in [2.24, 2.45) is 17.8 Å². The molecule has 0 aromatic carbocycles. The van der Waals surface area contributed by atoms with Crippen LogP contribution in [-0.2, 0) is 0 Å². The first-order valence-corrected chi connectivity index (χ1v) is 6.19. The van der Waals surface area contributed by atoms with E-state index in [9.17, 15) is 0 Å². The van der Waals surface area contributed by atoms with Crippen molar-refractivity contribution in [2.75, 3.05) is 32.7 Å². The summed E-state index contributed by atoms with van der Waals surface area (Å²) in [6.45, 7) is 15.1. The van der Waals surface area contributed by atoms with Crippen LogP contribution in [0, 0.1) is 17.8 Å². The highest BCUT2D eigenvalue weighted by molar-refractivity contribution is 4.91. The Morgan fingerprint density at radius 1 is 1.21 bits per heavy atom. The number of nitrogens with one attached hydrogen (secondary N) is 1. The highest BCUT2D eigenvalue weighted by Gasteiger charge is 2.35. The van der Waals surface area contributed by atoms with Gasteiger partial charge in [-0.15, -0.1) is 0 Å². The molecule has 0 amide bonds. The molecule has 0 aromatic rings. The summed E-state index contributed by atoms with van der Waals surface area (Å²) in [6, 6.07) is 0. The summed E-state index contributed by atoms with van der Waals surface area (Å²) in [4.78, 5) is 2.64. The normalized spacial score (nSPS) is 31.5. The van der Waals surface area contributed by atoms with Gasteiger partial charge in [-0.2, -0.15) is 0 Å². The number of hydrogen-bond donors (Lipinski definition) is 1. The van der Waals surface area contributed by atoms with E-state index in [2.05, 4.69) is 24.1 Å². The largest absolute Gasteiger partial charge is 0.316 e. The molecular weight excluding hydrogens is 172 g/mol. The van der Waals surface area contributed by atoms with Crippen LogP contribution in [0.1, 0.15) is 29.1 Å². The summed E-state index contributed by atoms with van der Waals surface area (Å²) in [5, 5.41) is 3.47. The summed E-state index contributed by atoms with van der Waals surface area (Å²) < 4.78 is 0. The second-order valence-corrected chi connectivity index (χ2v) is 4.79. The molecule has 0 saturated carbocycles. The topological polar surface area (TPSA) is 15.3 Å². The van der Waals surface area contributed by atoms with E-state index in [4.69, 9.17) is 0 Å². The first-order chi connectivity index (χ1) is 6.75. The Hall–Kier alpha value is -0.0800. The van der Waals surface area contributed by atoms with Gasteiger partial charge in [0, 0.05) is 21.1 Å². The molecule has 0 radical (unpaired) electrons. The molecule has 1 N–H and O–H groups in total. The maximum atomic E-state index is 3.47. The summed E-state index contributed by atoms with van der Waals surface area (Å²) in [5.41, 5.74) is 0. The summed E-state index contributed by atoms with van der Waals surface area (Å²) in [6.07, 6.45) is 0. The van der Waals surface area contributed by atoms with Gasteiger partial charge in [0.05, 0.1) is 0 Å². The van der Waals surface area contributed by atoms with Crippen LogP contribution in [0.3, 0.4) is 0 Å². The Balaban J connectivity index is 0.000000617. The van der Waals surface area contributed by atoms with Crippen molar-refractivity contribution >= 4 is 0 Å². The maximum Gasteiger partial charge on any atom is 0.00257 e. The molecular formula is C12H28N2. The van der Waals surface area contributed by atoms with E-state index in [-0.39, 0.29) is 1.43 Å². The van der Waals surface area contributed by atoms with Crippen LogP contribution in [0.2, 0.25) is 0 Å². The minimum absolute atomic E-state index is 0. The third-order valence-corrected chi connectivity index (χ3v) is 3.09. The maximum absolute atomic E-state index is 3.47. The lowest BCUT2D eigenvalue weighted by Crippen LogP contribution is -2.28. The molecule has 2 saturated heterocycles. The molecule has 1 unspecified atom stereocenters. The van der Waals surface area contributed by atoms with Crippen LogP contribution < -0.4 is 5.32 Å². The van der Waals surface area contributed by atoms with Gasteiger partial charge in [0.15, 0.2) is 0 Å². The quantitative estimate of drug-likeness (QED) is 0.734. The molecule has 2 heteroatoms. The Morgan fingerprint density at radius 3 is 2.14 bits per heavy atom. The van der Waals surface area contributed by atoms with Gasteiger partial charge in [-0.25, -0.2) is 0 Å².